The third-order valence-corrected chi connectivity index (χ3v) is 6.21. The van der Waals surface area contributed by atoms with E-state index in [-0.39, 0.29) is 11.8 Å². The lowest BCUT2D eigenvalue weighted by molar-refractivity contribution is 0.0792. The SMILES string of the molecule is CN1CC(CNCc2ccccc2)c2cn(Cc3ccccc3)c3cccc(c23)C1=O. The minimum Gasteiger partial charge on any atom is -0.343 e. The van der Waals surface area contributed by atoms with E-state index in [2.05, 4.69) is 70.7 Å². The number of nitrogens with one attached hydrogen (secondary N) is 1. The summed E-state index contributed by atoms with van der Waals surface area (Å²) in [5.41, 5.74) is 5.74. The van der Waals surface area contributed by atoms with Crippen molar-refractivity contribution in [1.29, 1.82) is 0 Å². The van der Waals surface area contributed by atoms with Gasteiger partial charge in [0.2, 0.25) is 0 Å². The minimum atomic E-state index is 0.106. The van der Waals surface area contributed by atoms with Gasteiger partial charge in [0.15, 0.2) is 0 Å². The number of benzene rings is 3. The Bertz CT molecular complexity index is 1200. The fourth-order valence-electron chi connectivity index (χ4n) is 4.66. The summed E-state index contributed by atoms with van der Waals surface area (Å²) in [5.74, 6) is 0.343. The maximum Gasteiger partial charge on any atom is 0.254 e. The normalized spacial score (nSPS) is 16.0. The van der Waals surface area contributed by atoms with Gasteiger partial charge in [-0.1, -0.05) is 66.7 Å². The zero-order valence-corrected chi connectivity index (χ0v) is 17.8. The fraction of sp³-hybridized carbons (Fsp3) is 0.222. The Balaban J connectivity index is 1.50. The standard InChI is InChI=1S/C27H27N3O/c1-29-18-22(16-28-15-20-9-4-2-5-10-20)24-19-30(17-21-11-6-3-7-12-21)25-14-8-13-23(26(24)25)27(29)31/h2-14,19,22,28H,15-18H2,1H3. The van der Waals surface area contributed by atoms with Crippen molar-refractivity contribution < 1.29 is 4.79 Å². The first-order valence-corrected chi connectivity index (χ1v) is 10.9. The van der Waals surface area contributed by atoms with Gasteiger partial charge >= 0.3 is 0 Å². The van der Waals surface area contributed by atoms with Crippen molar-refractivity contribution in [2.75, 3.05) is 20.1 Å². The van der Waals surface area contributed by atoms with Crippen molar-refractivity contribution in [2.45, 2.75) is 19.0 Å². The second-order valence-corrected chi connectivity index (χ2v) is 8.40. The molecule has 0 saturated heterocycles. The molecule has 0 aliphatic carbocycles. The molecule has 0 bridgehead atoms. The molecule has 0 saturated carbocycles. The lowest BCUT2D eigenvalue weighted by Crippen LogP contribution is -2.33. The van der Waals surface area contributed by atoms with Crippen LogP contribution < -0.4 is 5.32 Å². The Hall–Kier alpha value is -3.37. The molecule has 5 rings (SSSR count). The van der Waals surface area contributed by atoms with E-state index in [1.165, 1.54) is 16.7 Å². The van der Waals surface area contributed by atoms with Crippen molar-refractivity contribution >= 4 is 16.8 Å². The van der Waals surface area contributed by atoms with E-state index in [9.17, 15) is 4.79 Å². The van der Waals surface area contributed by atoms with Crippen molar-refractivity contribution in [3.8, 4) is 0 Å². The molecule has 0 spiro atoms. The van der Waals surface area contributed by atoms with Gasteiger partial charge in [0.05, 0.1) is 0 Å². The van der Waals surface area contributed by atoms with E-state index in [0.29, 0.717) is 6.54 Å². The highest BCUT2D eigenvalue weighted by atomic mass is 16.2. The Morgan fingerprint density at radius 3 is 2.35 bits per heavy atom. The van der Waals surface area contributed by atoms with E-state index in [1.807, 2.05) is 36.2 Å². The van der Waals surface area contributed by atoms with Crippen LogP contribution in [0.15, 0.2) is 85.1 Å². The predicted molar refractivity (Wildman–Crippen MR) is 125 cm³/mol. The molecule has 156 valence electrons. The molecule has 4 nitrogen and oxygen atoms in total. The van der Waals surface area contributed by atoms with Crippen LogP contribution in [0.2, 0.25) is 0 Å². The van der Waals surface area contributed by atoms with Crippen LogP contribution in [0.5, 0.6) is 0 Å². The number of carbonyl (C=O) groups is 1. The number of rotatable bonds is 6. The summed E-state index contributed by atoms with van der Waals surface area (Å²) in [4.78, 5) is 15.0. The average molecular weight is 410 g/mol. The molecule has 31 heavy (non-hydrogen) atoms. The Morgan fingerprint density at radius 2 is 1.61 bits per heavy atom. The molecule has 2 heterocycles. The summed E-state index contributed by atoms with van der Waals surface area (Å²) in [5, 5.41) is 4.73. The third-order valence-electron chi connectivity index (χ3n) is 6.21. The van der Waals surface area contributed by atoms with Crippen LogP contribution >= 0.6 is 0 Å². The second-order valence-electron chi connectivity index (χ2n) is 8.40. The summed E-state index contributed by atoms with van der Waals surface area (Å²) < 4.78 is 2.30. The second kappa shape index (κ2) is 8.40. The van der Waals surface area contributed by atoms with Crippen LogP contribution in [-0.4, -0.2) is 35.5 Å². The Labute approximate surface area is 183 Å². The monoisotopic (exact) mass is 409 g/mol. The van der Waals surface area contributed by atoms with E-state index < -0.39 is 0 Å². The first-order chi connectivity index (χ1) is 15.2. The largest absolute Gasteiger partial charge is 0.343 e. The minimum absolute atomic E-state index is 0.106. The Kier molecular flexibility index (Phi) is 5.31. The zero-order valence-electron chi connectivity index (χ0n) is 17.8. The van der Waals surface area contributed by atoms with Crippen molar-refractivity contribution in [2.24, 2.45) is 0 Å². The van der Waals surface area contributed by atoms with Gasteiger partial charge in [-0.25, -0.2) is 0 Å². The lowest BCUT2D eigenvalue weighted by atomic mass is 9.97. The van der Waals surface area contributed by atoms with E-state index in [1.54, 1.807) is 0 Å². The summed E-state index contributed by atoms with van der Waals surface area (Å²) in [7, 11) is 1.91. The number of carbonyl (C=O) groups excluding carboxylic acids is 1. The molecule has 1 amide bonds. The predicted octanol–water partition coefficient (Wildman–Crippen LogP) is 4.65. The first-order valence-electron chi connectivity index (χ1n) is 10.9. The van der Waals surface area contributed by atoms with Crippen molar-refractivity contribution in [1.82, 2.24) is 14.8 Å². The highest BCUT2D eigenvalue weighted by Crippen LogP contribution is 2.35. The van der Waals surface area contributed by atoms with Gasteiger partial charge in [-0.05, 0) is 28.8 Å². The zero-order chi connectivity index (χ0) is 21.2. The first kappa shape index (κ1) is 19.6. The molecule has 1 aliphatic rings. The van der Waals surface area contributed by atoms with Crippen LogP contribution in [0.3, 0.4) is 0 Å². The summed E-state index contributed by atoms with van der Waals surface area (Å²) in [6.45, 7) is 3.16. The lowest BCUT2D eigenvalue weighted by Gasteiger charge is -2.22. The molecule has 1 aromatic heterocycles. The Morgan fingerprint density at radius 1 is 0.903 bits per heavy atom. The van der Waals surface area contributed by atoms with Crippen molar-refractivity contribution in [3.63, 3.8) is 0 Å². The smallest absolute Gasteiger partial charge is 0.254 e. The third kappa shape index (κ3) is 3.87. The molecular weight excluding hydrogens is 382 g/mol. The number of hydrogen-bond acceptors (Lipinski definition) is 2. The van der Waals surface area contributed by atoms with Gasteiger partial charge in [-0.15, -0.1) is 0 Å². The quantitative estimate of drug-likeness (QED) is 0.503. The maximum absolute atomic E-state index is 13.1. The molecule has 1 unspecified atom stereocenters. The molecule has 0 radical (unpaired) electrons. The van der Waals surface area contributed by atoms with Gasteiger partial charge < -0.3 is 14.8 Å². The molecule has 4 heteroatoms. The molecule has 1 aliphatic heterocycles. The number of likely N-dealkylation sites (N-methyl/N-ethyl adjacent to an activating group) is 1. The number of nitrogens with zero attached hydrogens (tertiary/aromatic N) is 2. The topological polar surface area (TPSA) is 37.3 Å². The summed E-state index contributed by atoms with van der Waals surface area (Å²) in [6, 6.07) is 27.1. The van der Waals surface area contributed by atoms with Crippen LogP contribution in [0.25, 0.3) is 10.9 Å². The van der Waals surface area contributed by atoms with E-state index in [4.69, 9.17) is 0 Å². The average Bonchev–Trinajstić information content (AvgIpc) is 3.13. The maximum atomic E-state index is 13.1. The van der Waals surface area contributed by atoms with Gasteiger partial charge in [0, 0.05) is 61.8 Å². The molecule has 0 fully saturated rings. The molecule has 1 atom stereocenters. The van der Waals surface area contributed by atoms with Gasteiger partial charge in [-0.3, -0.25) is 4.79 Å². The van der Waals surface area contributed by atoms with Crippen LogP contribution in [0.4, 0.5) is 0 Å². The highest BCUT2D eigenvalue weighted by Gasteiger charge is 2.29. The summed E-state index contributed by atoms with van der Waals surface area (Å²) >= 11 is 0. The molecule has 1 N–H and O–H groups in total. The molecule has 4 aromatic rings. The van der Waals surface area contributed by atoms with Gasteiger partial charge in [0.1, 0.15) is 0 Å². The molecule has 3 aromatic carbocycles. The van der Waals surface area contributed by atoms with Crippen molar-refractivity contribution in [3.05, 3.63) is 107 Å². The number of hydrogen-bond donors (Lipinski definition) is 1. The van der Waals surface area contributed by atoms with Gasteiger partial charge in [0.25, 0.3) is 5.91 Å². The van der Waals surface area contributed by atoms with Gasteiger partial charge in [-0.2, -0.15) is 0 Å². The van der Waals surface area contributed by atoms with Crippen LogP contribution in [0.1, 0.15) is 33.0 Å². The fourth-order valence-corrected chi connectivity index (χ4v) is 4.66. The number of aromatic nitrogens is 1. The van der Waals surface area contributed by atoms with E-state index in [0.717, 1.165) is 36.1 Å². The van der Waals surface area contributed by atoms with Crippen LogP contribution in [-0.2, 0) is 13.1 Å². The molecular formula is C27H27N3O. The summed E-state index contributed by atoms with van der Waals surface area (Å²) in [6.07, 6.45) is 2.27. The van der Waals surface area contributed by atoms with E-state index >= 15 is 0 Å². The van der Waals surface area contributed by atoms with Crippen LogP contribution in [0, 0.1) is 0 Å². The highest BCUT2D eigenvalue weighted by molar-refractivity contribution is 6.08. The number of amides is 1.